The number of nitrogens with zero attached hydrogens (tertiary/aromatic N) is 1. The summed E-state index contributed by atoms with van der Waals surface area (Å²) in [5, 5.41) is 2.77. The van der Waals surface area contributed by atoms with Gasteiger partial charge in [-0.05, 0) is 55.8 Å². The van der Waals surface area contributed by atoms with E-state index in [1.165, 1.54) is 4.31 Å². The van der Waals surface area contributed by atoms with Crippen molar-refractivity contribution in [3.63, 3.8) is 0 Å². The van der Waals surface area contributed by atoms with Crippen LogP contribution < -0.4 is 19.1 Å². The van der Waals surface area contributed by atoms with Gasteiger partial charge in [-0.3, -0.25) is 9.10 Å². The molecule has 0 aliphatic carbocycles. The van der Waals surface area contributed by atoms with Crippen LogP contribution in [0.15, 0.2) is 77.7 Å². The molecule has 0 saturated carbocycles. The van der Waals surface area contributed by atoms with E-state index in [0.29, 0.717) is 17.2 Å². The molecule has 8 heteroatoms. The number of aryl methyl sites for hydroxylation is 2. The zero-order valence-electron chi connectivity index (χ0n) is 18.5. The van der Waals surface area contributed by atoms with E-state index in [1.807, 2.05) is 50.2 Å². The molecule has 0 saturated heterocycles. The highest BCUT2D eigenvalue weighted by Gasteiger charge is 2.37. The lowest BCUT2D eigenvalue weighted by Crippen LogP contribution is -2.51. The van der Waals surface area contributed by atoms with Crippen LogP contribution >= 0.6 is 0 Å². The van der Waals surface area contributed by atoms with Gasteiger partial charge in [0.1, 0.15) is 18.1 Å². The summed E-state index contributed by atoms with van der Waals surface area (Å²) in [5.74, 6) is 0.658. The molecule has 0 bridgehead atoms. The predicted molar refractivity (Wildman–Crippen MR) is 126 cm³/mol. The maximum Gasteiger partial charge on any atom is 0.264 e. The first-order valence-electron chi connectivity index (χ1n) is 10.7. The summed E-state index contributed by atoms with van der Waals surface area (Å²) in [6, 6.07) is 21.2. The Labute approximate surface area is 194 Å². The Morgan fingerprint density at radius 3 is 2.45 bits per heavy atom. The zero-order valence-corrected chi connectivity index (χ0v) is 19.3. The molecule has 0 unspecified atom stereocenters. The average molecular weight is 467 g/mol. The molecule has 1 aliphatic heterocycles. The Morgan fingerprint density at radius 2 is 1.73 bits per heavy atom. The van der Waals surface area contributed by atoms with Crippen LogP contribution in [0.3, 0.4) is 0 Å². The number of amides is 1. The van der Waals surface area contributed by atoms with Gasteiger partial charge in [0, 0.05) is 0 Å². The minimum Gasteiger partial charge on any atom is -0.492 e. The first-order chi connectivity index (χ1) is 15.8. The van der Waals surface area contributed by atoms with Gasteiger partial charge < -0.3 is 14.8 Å². The summed E-state index contributed by atoms with van der Waals surface area (Å²) in [7, 11) is -3.89. The Bertz CT molecular complexity index is 1230. The minimum absolute atomic E-state index is 0.127. The molecule has 33 heavy (non-hydrogen) atoms. The maximum absolute atomic E-state index is 13.5. The van der Waals surface area contributed by atoms with Gasteiger partial charge in [-0.15, -0.1) is 0 Å². The molecule has 4 rings (SSSR count). The summed E-state index contributed by atoms with van der Waals surface area (Å²) in [4.78, 5) is 13.0. The van der Waals surface area contributed by atoms with E-state index in [0.717, 1.165) is 11.1 Å². The molecule has 1 atom stereocenters. The van der Waals surface area contributed by atoms with Gasteiger partial charge in [-0.25, -0.2) is 8.42 Å². The topological polar surface area (TPSA) is 84.9 Å². The van der Waals surface area contributed by atoms with Crippen LogP contribution in [0.5, 0.6) is 11.5 Å². The van der Waals surface area contributed by atoms with E-state index in [4.69, 9.17) is 9.47 Å². The molecule has 7 nitrogen and oxygen atoms in total. The first-order valence-corrected chi connectivity index (χ1v) is 12.1. The standard InChI is InChI=1S/C25H26N2O5S/c1-18-8-11-21(12-9-18)33(29,30)27-17-24(32-23-13-10-19(2)16-22(23)27)25(28)26-14-15-31-20-6-4-3-5-7-20/h3-13,16,24H,14-15,17H2,1-2H3,(H,26,28)/t24-/m0/s1. The zero-order chi connectivity index (χ0) is 23.4. The van der Waals surface area contributed by atoms with Gasteiger partial charge >= 0.3 is 0 Å². The Morgan fingerprint density at radius 1 is 1.03 bits per heavy atom. The van der Waals surface area contributed by atoms with Crippen molar-refractivity contribution in [3.8, 4) is 11.5 Å². The first kappa shape index (κ1) is 22.7. The SMILES string of the molecule is Cc1ccc(S(=O)(=O)N2C[C@@H](C(=O)NCCOc3ccccc3)Oc3ccc(C)cc32)cc1. The summed E-state index contributed by atoms with van der Waals surface area (Å²) >= 11 is 0. The second-order valence-corrected chi connectivity index (χ2v) is 9.74. The van der Waals surface area contributed by atoms with Gasteiger partial charge in [0.05, 0.1) is 23.7 Å². The molecule has 1 heterocycles. The number of anilines is 1. The minimum atomic E-state index is -3.89. The van der Waals surface area contributed by atoms with Crippen LogP contribution in [-0.2, 0) is 14.8 Å². The third-order valence-electron chi connectivity index (χ3n) is 5.30. The molecule has 0 fully saturated rings. The van der Waals surface area contributed by atoms with Crippen LogP contribution in [0.1, 0.15) is 11.1 Å². The number of benzene rings is 3. The lowest BCUT2D eigenvalue weighted by atomic mass is 10.1. The van der Waals surface area contributed by atoms with Crippen LogP contribution in [0.4, 0.5) is 5.69 Å². The van der Waals surface area contributed by atoms with E-state index in [-0.39, 0.29) is 24.6 Å². The van der Waals surface area contributed by atoms with Gasteiger partial charge in [0.2, 0.25) is 0 Å². The molecule has 3 aromatic rings. The number of fused-ring (bicyclic) bond motifs is 1. The highest BCUT2D eigenvalue weighted by molar-refractivity contribution is 7.92. The molecule has 0 radical (unpaired) electrons. The molecular formula is C25H26N2O5S. The lowest BCUT2D eigenvalue weighted by Gasteiger charge is -2.35. The molecule has 3 aromatic carbocycles. The lowest BCUT2D eigenvalue weighted by molar-refractivity contribution is -0.127. The van der Waals surface area contributed by atoms with Crippen molar-refractivity contribution in [1.82, 2.24) is 5.32 Å². The molecule has 1 N–H and O–H groups in total. The van der Waals surface area contributed by atoms with E-state index in [1.54, 1.807) is 36.4 Å². The van der Waals surface area contributed by atoms with Crippen LogP contribution in [-0.4, -0.2) is 40.1 Å². The second-order valence-electron chi connectivity index (χ2n) is 7.88. The fourth-order valence-corrected chi connectivity index (χ4v) is 5.00. The second kappa shape index (κ2) is 9.54. The van der Waals surface area contributed by atoms with Crippen molar-refractivity contribution in [3.05, 3.63) is 83.9 Å². The van der Waals surface area contributed by atoms with E-state index in [2.05, 4.69) is 5.32 Å². The fraction of sp³-hybridized carbons (Fsp3) is 0.240. The number of sulfonamides is 1. The summed E-state index contributed by atoms with van der Waals surface area (Å²) in [6.45, 7) is 4.19. The molecule has 1 aliphatic rings. The molecular weight excluding hydrogens is 440 g/mol. The third-order valence-corrected chi connectivity index (χ3v) is 7.09. The number of rotatable bonds is 7. The van der Waals surface area contributed by atoms with Crippen molar-refractivity contribution in [2.24, 2.45) is 0 Å². The molecule has 172 valence electrons. The van der Waals surface area contributed by atoms with E-state index < -0.39 is 22.0 Å². The van der Waals surface area contributed by atoms with Crippen LogP contribution in [0.2, 0.25) is 0 Å². The number of hydrogen-bond donors (Lipinski definition) is 1. The van der Waals surface area contributed by atoms with Crippen molar-refractivity contribution in [1.29, 1.82) is 0 Å². The van der Waals surface area contributed by atoms with Gasteiger partial charge in [-0.1, -0.05) is 42.0 Å². The summed E-state index contributed by atoms with van der Waals surface area (Å²) < 4.78 is 39.7. The molecule has 0 spiro atoms. The number of carbonyl (C=O) groups is 1. The number of nitrogens with one attached hydrogen (secondary N) is 1. The summed E-state index contributed by atoms with van der Waals surface area (Å²) in [5.41, 5.74) is 2.27. The van der Waals surface area contributed by atoms with Gasteiger partial charge in [0.15, 0.2) is 6.10 Å². The van der Waals surface area contributed by atoms with Crippen LogP contribution in [0, 0.1) is 13.8 Å². The van der Waals surface area contributed by atoms with Crippen molar-refractivity contribution in [2.45, 2.75) is 24.8 Å². The van der Waals surface area contributed by atoms with Gasteiger partial charge in [0.25, 0.3) is 15.9 Å². The normalized spacial score (nSPS) is 15.3. The Kier molecular flexibility index (Phi) is 6.55. The summed E-state index contributed by atoms with van der Waals surface area (Å²) in [6.07, 6.45) is -0.989. The van der Waals surface area contributed by atoms with Crippen molar-refractivity contribution >= 4 is 21.6 Å². The number of ether oxygens (including phenoxy) is 2. The molecule has 0 aromatic heterocycles. The highest BCUT2D eigenvalue weighted by atomic mass is 32.2. The quantitative estimate of drug-likeness (QED) is 0.539. The Balaban J connectivity index is 1.51. The fourth-order valence-electron chi connectivity index (χ4n) is 3.54. The highest BCUT2D eigenvalue weighted by Crippen LogP contribution is 2.37. The predicted octanol–water partition coefficient (Wildman–Crippen LogP) is 3.45. The third kappa shape index (κ3) is 5.12. The van der Waals surface area contributed by atoms with Crippen molar-refractivity contribution in [2.75, 3.05) is 24.0 Å². The number of hydrogen-bond acceptors (Lipinski definition) is 5. The average Bonchev–Trinajstić information content (AvgIpc) is 2.82. The number of para-hydroxylation sites is 1. The number of carbonyl (C=O) groups excluding carboxylic acids is 1. The van der Waals surface area contributed by atoms with Crippen LogP contribution in [0.25, 0.3) is 0 Å². The largest absolute Gasteiger partial charge is 0.492 e. The van der Waals surface area contributed by atoms with Gasteiger partial charge in [-0.2, -0.15) is 0 Å². The van der Waals surface area contributed by atoms with Crippen molar-refractivity contribution < 1.29 is 22.7 Å². The van der Waals surface area contributed by atoms with E-state index in [9.17, 15) is 13.2 Å². The maximum atomic E-state index is 13.5. The smallest absolute Gasteiger partial charge is 0.264 e. The monoisotopic (exact) mass is 466 g/mol. The Hall–Kier alpha value is -3.52. The van der Waals surface area contributed by atoms with E-state index >= 15 is 0 Å². The molecule has 1 amide bonds.